The third-order valence-corrected chi connectivity index (χ3v) is 10.3. The van der Waals surface area contributed by atoms with Gasteiger partial charge in [-0.3, -0.25) is 9.78 Å². The molecule has 0 saturated heterocycles. The number of sulfonamides is 1. The molecule has 2 aromatic heterocycles. The van der Waals surface area contributed by atoms with Crippen LogP contribution in [0, 0.1) is 19.8 Å². The van der Waals surface area contributed by atoms with Crippen LogP contribution in [-0.2, 0) is 16.6 Å². The number of amides is 1. The summed E-state index contributed by atoms with van der Waals surface area (Å²) >= 11 is 0. The maximum absolute atomic E-state index is 14.4. The van der Waals surface area contributed by atoms with Gasteiger partial charge in [0.25, 0.3) is 15.9 Å². The fourth-order valence-electron chi connectivity index (χ4n) is 5.82. The predicted molar refractivity (Wildman–Crippen MR) is 181 cm³/mol. The van der Waals surface area contributed by atoms with Gasteiger partial charge in [-0.1, -0.05) is 37.1 Å². The molecule has 1 amide bonds. The van der Waals surface area contributed by atoms with E-state index < -0.39 is 10.0 Å². The van der Waals surface area contributed by atoms with Crippen LogP contribution >= 0.6 is 0 Å². The number of hydrogen-bond donors (Lipinski definition) is 1. The Bertz CT molecular complexity index is 1870. The molecule has 6 rings (SSSR count). The predicted octanol–water partition coefficient (Wildman–Crippen LogP) is 5.79. The Hall–Kier alpha value is -4.58. The number of anilines is 2. The molecule has 1 saturated carbocycles. The van der Waals surface area contributed by atoms with Crippen LogP contribution < -0.4 is 14.4 Å². The summed E-state index contributed by atoms with van der Waals surface area (Å²) in [6.07, 6.45) is 7.38. The fraction of sp³-hybridized carbons (Fsp3) is 0.400. The Morgan fingerprint density at radius 1 is 1.00 bits per heavy atom. The summed E-state index contributed by atoms with van der Waals surface area (Å²) in [6.45, 7) is 8.42. The number of ether oxygens (including phenoxy) is 1. The van der Waals surface area contributed by atoms with E-state index in [4.69, 9.17) is 9.72 Å². The number of rotatable bonds is 8. The van der Waals surface area contributed by atoms with E-state index in [1.807, 2.05) is 44.0 Å². The molecular formula is C35H41N7O4S. The average Bonchev–Trinajstić information content (AvgIpc) is 3.87. The minimum absolute atomic E-state index is 0.0685. The second-order valence-corrected chi connectivity index (χ2v) is 14.5. The van der Waals surface area contributed by atoms with E-state index in [0.717, 1.165) is 23.1 Å². The zero-order chi connectivity index (χ0) is 33.3. The van der Waals surface area contributed by atoms with Crippen molar-refractivity contribution < 1.29 is 17.9 Å². The van der Waals surface area contributed by atoms with Crippen molar-refractivity contribution in [2.24, 2.45) is 5.92 Å². The van der Waals surface area contributed by atoms with Gasteiger partial charge in [0.2, 0.25) is 11.8 Å². The van der Waals surface area contributed by atoms with Crippen molar-refractivity contribution in [1.82, 2.24) is 24.8 Å². The van der Waals surface area contributed by atoms with E-state index >= 15 is 0 Å². The van der Waals surface area contributed by atoms with E-state index in [9.17, 15) is 13.2 Å². The highest BCUT2D eigenvalue weighted by atomic mass is 32.2. The Balaban J connectivity index is 1.46. The lowest BCUT2D eigenvalue weighted by molar-refractivity contribution is 0.0564. The molecule has 1 aliphatic carbocycles. The molecule has 12 heteroatoms. The van der Waals surface area contributed by atoms with E-state index in [2.05, 4.69) is 33.5 Å². The van der Waals surface area contributed by atoms with Crippen LogP contribution in [0.1, 0.15) is 66.7 Å². The molecular weight excluding hydrogens is 614 g/mol. The monoisotopic (exact) mass is 655 g/mol. The zero-order valence-electron chi connectivity index (χ0n) is 27.5. The first-order valence-corrected chi connectivity index (χ1v) is 17.5. The molecule has 1 fully saturated rings. The molecule has 0 spiro atoms. The van der Waals surface area contributed by atoms with E-state index in [0.29, 0.717) is 29.5 Å². The Kier molecular flexibility index (Phi) is 9.14. The van der Waals surface area contributed by atoms with E-state index in [-0.39, 0.29) is 53.4 Å². The van der Waals surface area contributed by atoms with Crippen LogP contribution in [0.25, 0.3) is 11.3 Å². The van der Waals surface area contributed by atoms with Gasteiger partial charge in [0, 0.05) is 30.3 Å². The number of fused-ring (bicyclic) bond motifs is 4. The van der Waals surface area contributed by atoms with Gasteiger partial charge >= 0.3 is 0 Å². The van der Waals surface area contributed by atoms with E-state index in [1.165, 1.54) is 25.0 Å². The maximum Gasteiger partial charge on any atom is 0.264 e. The van der Waals surface area contributed by atoms with Gasteiger partial charge in [-0.2, -0.15) is 4.98 Å². The summed E-state index contributed by atoms with van der Waals surface area (Å²) in [5.41, 5.74) is 4.25. The van der Waals surface area contributed by atoms with Crippen molar-refractivity contribution in [3.63, 3.8) is 0 Å². The van der Waals surface area contributed by atoms with Crippen molar-refractivity contribution in [2.75, 3.05) is 23.3 Å². The average molecular weight is 656 g/mol. The highest BCUT2D eigenvalue weighted by Crippen LogP contribution is 2.35. The molecule has 4 bridgehead atoms. The molecule has 246 valence electrons. The summed E-state index contributed by atoms with van der Waals surface area (Å²) in [7, 11) is -2.20. The molecule has 11 nitrogen and oxygen atoms in total. The lowest BCUT2D eigenvalue weighted by Gasteiger charge is -2.32. The van der Waals surface area contributed by atoms with Gasteiger partial charge in [-0.05, 0) is 75.8 Å². The molecule has 1 atom stereocenters. The topological polar surface area (TPSA) is 131 Å². The van der Waals surface area contributed by atoms with Gasteiger partial charge in [0.1, 0.15) is 12.4 Å². The van der Waals surface area contributed by atoms with Crippen molar-refractivity contribution in [1.29, 1.82) is 0 Å². The second kappa shape index (κ2) is 13.3. The van der Waals surface area contributed by atoms with Crippen LogP contribution in [0.15, 0.2) is 65.8 Å². The number of carbonyl (C=O) groups excluding carboxylic acids is 1. The summed E-state index contributed by atoms with van der Waals surface area (Å²) in [4.78, 5) is 36.5. The molecule has 47 heavy (non-hydrogen) atoms. The molecule has 2 aliphatic rings. The lowest BCUT2D eigenvalue weighted by Crippen LogP contribution is -2.43. The SMILES string of the molecule is Cc1cccc(C)c1-c1cc2nc(n1)NS(=O)(=O)c1cccc(c1)C(=O)N(Cc1cncc(N(C)C(C)C)n1)[C@H](CCC1CC1)CO2. The number of nitrogens with one attached hydrogen (secondary N) is 1. The fourth-order valence-corrected chi connectivity index (χ4v) is 6.81. The summed E-state index contributed by atoms with van der Waals surface area (Å²) in [6, 6.07) is 13.6. The first kappa shape index (κ1) is 32.4. The number of hydrogen-bond acceptors (Lipinski definition) is 9. The van der Waals surface area contributed by atoms with Gasteiger partial charge in [0.15, 0.2) is 0 Å². The first-order valence-electron chi connectivity index (χ1n) is 16.0. The third kappa shape index (κ3) is 7.38. The molecule has 4 aromatic rings. The number of carbonyl (C=O) groups is 1. The molecule has 2 aromatic carbocycles. The lowest BCUT2D eigenvalue weighted by atomic mass is 10.00. The minimum Gasteiger partial charge on any atom is -0.475 e. The Morgan fingerprint density at radius 3 is 2.47 bits per heavy atom. The number of nitrogens with zero attached hydrogens (tertiary/aromatic N) is 6. The number of benzene rings is 2. The summed E-state index contributed by atoms with van der Waals surface area (Å²) < 4.78 is 36.2. The normalized spacial score (nSPS) is 17.6. The third-order valence-electron chi connectivity index (χ3n) is 8.93. The highest BCUT2D eigenvalue weighted by Gasteiger charge is 2.31. The smallest absolute Gasteiger partial charge is 0.264 e. The van der Waals surface area contributed by atoms with Crippen molar-refractivity contribution in [3.8, 4) is 17.1 Å². The van der Waals surface area contributed by atoms with Crippen LogP contribution in [0.4, 0.5) is 11.8 Å². The van der Waals surface area contributed by atoms with Gasteiger partial charge < -0.3 is 14.5 Å². The largest absolute Gasteiger partial charge is 0.475 e. The van der Waals surface area contributed by atoms with Crippen molar-refractivity contribution >= 4 is 27.7 Å². The van der Waals surface area contributed by atoms with Crippen LogP contribution in [-0.4, -0.2) is 64.9 Å². The number of aryl methyl sites for hydroxylation is 2. The van der Waals surface area contributed by atoms with E-state index in [1.54, 1.807) is 35.5 Å². The second-order valence-electron chi connectivity index (χ2n) is 12.8. The van der Waals surface area contributed by atoms with Crippen molar-refractivity contribution in [3.05, 3.63) is 83.3 Å². The summed E-state index contributed by atoms with van der Waals surface area (Å²) in [5, 5.41) is 0. The van der Waals surface area contributed by atoms with Crippen LogP contribution in [0.5, 0.6) is 5.88 Å². The zero-order valence-corrected chi connectivity index (χ0v) is 28.3. The van der Waals surface area contributed by atoms with Crippen LogP contribution in [0.2, 0.25) is 0 Å². The number of aromatic nitrogens is 4. The standard InChI is InChI=1S/C35H41N7O4S/c1-22(2)41(5)31-19-36-18-27(37-31)20-42-28(15-14-25-12-13-25)21-46-32-17-30(33-23(3)8-6-9-24(33)4)38-35(39-32)40-47(44,45)29-11-7-10-26(16-29)34(42)43/h6-11,16-19,22,25,28H,12-15,20-21H2,1-5H3,(H,38,39,40)/t28-/m1/s1. The van der Waals surface area contributed by atoms with Crippen molar-refractivity contribution in [2.45, 2.75) is 76.9 Å². The minimum atomic E-state index is -4.16. The molecule has 1 aliphatic heterocycles. The summed E-state index contributed by atoms with van der Waals surface area (Å²) in [5.74, 6) is 1.12. The molecule has 0 unspecified atom stereocenters. The first-order chi connectivity index (χ1) is 22.5. The maximum atomic E-state index is 14.4. The van der Waals surface area contributed by atoms with Gasteiger partial charge in [-0.25, -0.2) is 23.1 Å². The Labute approximate surface area is 276 Å². The van der Waals surface area contributed by atoms with Gasteiger partial charge in [0.05, 0.1) is 41.3 Å². The highest BCUT2D eigenvalue weighted by molar-refractivity contribution is 7.92. The van der Waals surface area contributed by atoms with Gasteiger partial charge in [-0.15, -0.1) is 0 Å². The Morgan fingerprint density at radius 2 is 1.74 bits per heavy atom. The van der Waals surface area contributed by atoms with Crippen LogP contribution in [0.3, 0.4) is 0 Å². The quantitative estimate of drug-likeness (QED) is 0.251. The molecule has 3 heterocycles. The molecule has 0 radical (unpaired) electrons. The molecule has 1 N–H and O–H groups in total.